The Morgan fingerprint density at radius 2 is 1.90 bits per heavy atom. The van der Waals surface area contributed by atoms with E-state index in [-0.39, 0.29) is 6.29 Å². The van der Waals surface area contributed by atoms with Crippen molar-refractivity contribution in [1.82, 2.24) is 0 Å². The van der Waals surface area contributed by atoms with Crippen LogP contribution in [0, 0.1) is 0 Å². The van der Waals surface area contributed by atoms with Crippen LogP contribution in [0.15, 0.2) is 30.3 Å². The van der Waals surface area contributed by atoms with Crippen molar-refractivity contribution in [1.29, 1.82) is 0 Å². The SMILES string of the molecule is NC[P+](=O)c1ccccc1. The highest BCUT2D eigenvalue weighted by atomic mass is 31.1. The summed E-state index contributed by atoms with van der Waals surface area (Å²) in [5, 5.41) is 0.833. The van der Waals surface area contributed by atoms with Gasteiger partial charge in [-0.1, -0.05) is 22.8 Å². The minimum absolute atomic E-state index is 0.235. The van der Waals surface area contributed by atoms with E-state index in [2.05, 4.69) is 0 Å². The fourth-order valence-corrected chi connectivity index (χ4v) is 1.42. The number of hydrogen-bond acceptors (Lipinski definition) is 2. The molecule has 1 aromatic carbocycles. The van der Waals surface area contributed by atoms with Gasteiger partial charge in [-0.2, -0.15) is 0 Å². The number of rotatable bonds is 2. The molecule has 0 aliphatic carbocycles. The molecule has 0 amide bonds. The minimum Gasteiger partial charge on any atom is -0.290 e. The predicted octanol–water partition coefficient (Wildman–Crippen LogP) is 1.06. The van der Waals surface area contributed by atoms with Crippen LogP contribution in [-0.2, 0) is 4.57 Å². The predicted molar refractivity (Wildman–Crippen MR) is 42.7 cm³/mol. The van der Waals surface area contributed by atoms with E-state index in [0.29, 0.717) is 0 Å². The topological polar surface area (TPSA) is 43.1 Å². The Hall–Kier alpha value is -0.720. The van der Waals surface area contributed by atoms with Crippen molar-refractivity contribution in [2.75, 3.05) is 6.29 Å². The maximum atomic E-state index is 11.0. The molecule has 0 aliphatic rings. The van der Waals surface area contributed by atoms with Gasteiger partial charge in [-0.25, -0.2) is 0 Å². The monoisotopic (exact) mass is 154 g/mol. The van der Waals surface area contributed by atoms with Crippen molar-refractivity contribution in [3.8, 4) is 0 Å². The average Bonchev–Trinajstić information content (AvgIpc) is 2.05. The Kier molecular flexibility index (Phi) is 2.55. The molecule has 1 aromatic rings. The van der Waals surface area contributed by atoms with Crippen LogP contribution in [0.4, 0.5) is 0 Å². The average molecular weight is 154 g/mol. The molecule has 0 bridgehead atoms. The van der Waals surface area contributed by atoms with Crippen molar-refractivity contribution in [3.05, 3.63) is 30.3 Å². The molecule has 0 aliphatic heterocycles. The Labute approximate surface area is 60.8 Å². The summed E-state index contributed by atoms with van der Waals surface area (Å²) in [7, 11) is -1.35. The molecule has 1 rings (SSSR count). The normalized spacial score (nSPS) is 11.1. The summed E-state index contributed by atoms with van der Waals surface area (Å²) in [6.07, 6.45) is 0.235. The molecule has 0 saturated carbocycles. The molecule has 52 valence electrons. The molecule has 1 unspecified atom stereocenters. The van der Waals surface area contributed by atoms with Crippen LogP contribution < -0.4 is 11.0 Å². The van der Waals surface area contributed by atoms with E-state index in [1.54, 1.807) is 0 Å². The first kappa shape index (κ1) is 7.39. The van der Waals surface area contributed by atoms with E-state index < -0.39 is 7.80 Å². The second-order valence-electron chi connectivity index (χ2n) is 1.90. The first-order valence-electron chi connectivity index (χ1n) is 3.04. The zero-order chi connectivity index (χ0) is 7.40. The van der Waals surface area contributed by atoms with Gasteiger partial charge in [0.2, 0.25) is 0 Å². The fourth-order valence-electron chi connectivity index (χ4n) is 0.700. The molecule has 0 aromatic heterocycles. The smallest absolute Gasteiger partial charge is 0.290 e. The lowest BCUT2D eigenvalue weighted by atomic mass is 10.4. The van der Waals surface area contributed by atoms with Gasteiger partial charge in [-0.3, -0.25) is 5.73 Å². The van der Waals surface area contributed by atoms with E-state index in [0.717, 1.165) is 5.30 Å². The van der Waals surface area contributed by atoms with Gasteiger partial charge in [0.25, 0.3) is 0 Å². The van der Waals surface area contributed by atoms with Gasteiger partial charge in [0, 0.05) is 0 Å². The summed E-state index contributed by atoms with van der Waals surface area (Å²) >= 11 is 0. The molecule has 0 heterocycles. The number of nitrogens with two attached hydrogens (primary N) is 1. The molecule has 10 heavy (non-hydrogen) atoms. The standard InChI is InChI=1S/C7H9NOP/c8-6-10(9)7-4-2-1-3-5-7/h1-5H,6,8H2/q+1. The van der Waals surface area contributed by atoms with Gasteiger partial charge in [-0.05, 0) is 12.1 Å². The molecule has 0 spiro atoms. The second kappa shape index (κ2) is 3.45. The van der Waals surface area contributed by atoms with Crippen molar-refractivity contribution < 1.29 is 4.57 Å². The highest BCUT2D eigenvalue weighted by Gasteiger charge is 2.14. The lowest BCUT2D eigenvalue weighted by Crippen LogP contribution is -2.02. The van der Waals surface area contributed by atoms with Crippen LogP contribution in [0.25, 0.3) is 0 Å². The van der Waals surface area contributed by atoms with Crippen molar-refractivity contribution in [2.45, 2.75) is 0 Å². The molecule has 2 nitrogen and oxygen atoms in total. The van der Waals surface area contributed by atoms with Crippen molar-refractivity contribution in [3.63, 3.8) is 0 Å². The maximum Gasteiger partial charge on any atom is 0.392 e. The molecule has 1 atom stereocenters. The van der Waals surface area contributed by atoms with E-state index in [4.69, 9.17) is 5.73 Å². The van der Waals surface area contributed by atoms with Crippen LogP contribution in [0.3, 0.4) is 0 Å². The van der Waals surface area contributed by atoms with Gasteiger partial charge < -0.3 is 0 Å². The molecular formula is C7H9NOP+. The largest absolute Gasteiger partial charge is 0.392 e. The zero-order valence-corrected chi connectivity index (χ0v) is 6.42. The summed E-state index contributed by atoms with van der Waals surface area (Å²) in [5.41, 5.74) is 5.22. The third kappa shape index (κ3) is 1.63. The van der Waals surface area contributed by atoms with Gasteiger partial charge in [0.05, 0.1) is 0 Å². The Morgan fingerprint density at radius 3 is 2.40 bits per heavy atom. The van der Waals surface area contributed by atoms with E-state index >= 15 is 0 Å². The summed E-state index contributed by atoms with van der Waals surface area (Å²) < 4.78 is 11.0. The molecule has 2 N–H and O–H groups in total. The van der Waals surface area contributed by atoms with Crippen LogP contribution >= 0.6 is 7.80 Å². The quantitative estimate of drug-likeness (QED) is 0.647. The van der Waals surface area contributed by atoms with Gasteiger partial charge in [0.1, 0.15) is 0 Å². The van der Waals surface area contributed by atoms with Crippen LogP contribution in [0.1, 0.15) is 0 Å². The summed E-state index contributed by atoms with van der Waals surface area (Å²) in [6.45, 7) is 0. The lowest BCUT2D eigenvalue weighted by Gasteiger charge is -1.82. The Bertz CT molecular complexity index is 222. The molecule has 0 saturated heterocycles. The van der Waals surface area contributed by atoms with Crippen LogP contribution in [0.2, 0.25) is 0 Å². The second-order valence-corrected chi connectivity index (χ2v) is 3.54. The number of hydrogen-bond donors (Lipinski definition) is 1. The maximum absolute atomic E-state index is 11.0. The molecule has 3 heteroatoms. The first-order chi connectivity index (χ1) is 4.84. The van der Waals surface area contributed by atoms with E-state index in [1.807, 2.05) is 30.3 Å². The van der Waals surface area contributed by atoms with E-state index in [9.17, 15) is 4.57 Å². The lowest BCUT2D eigenvalue weighted by molar-refractivity contribution is 0.593. The van der Waals surface area contributed by atoms with Crippen LogP contribution in [-0.4, -0.2) is 6.29 Å². The summed E-state index contributed by atoms with van der Waals surface area (Å²) in [4.78, 5) is 0. The fraction of sp³-hybridized carbons (Fsp3) is 0.143. The van der Waals surface area contributed by atoms with Gasteiger partial charge in [0.15, 0.2) is 11.6 Å². The summed E-state index contributed by atoms with van der Waals surface area (Å²) in [5.74, 6) is 0. The Morgan fingerprint density at radius 1 is 1.30 bits per heavy atom. The van der Waals surface area contributed by atoms with Crippen molar-refractivity contribution in [2.24, 2.45) is 5.73 Å². The zero-order valence-electron chi connectivity index (χ0n) is 5.53. The molecule has 0 radical (unpaired) electrons. The van der Waals surface area contributed by atoms with Gasteiger partial charge >= 0.3 is 7.80 Å². The van der Waals surface area contributed by atoms with Crippen molar-refractivity contribution >= 4 is 13.1 Å². The highest BCUT2D eigenvalue weighted by molar-refractivity contribution is 7.53. The Balaban J connectivity index is 2.85. The highest BCUT2D eigenvalue weighted by Crippen LogP contribution is 2.14. The minimum atomic E-state index is -1.35. The number of benzene rings is 1. The van der Waals surface area contributed by atoms with Gasteiger partial charge in [-0.15, -0.1) is 0 Å². The van der Waals surface area contributed by atoms with Crippen LogP contribution in [0.5, 0.6) is 0 Å². The third-order valence-corrected chi connectivity index (χ3v) is 2.42. The molecular weight excluding hydrogens is 145 g/mol. The van der Waals surface area contributed by atoms with E-state index in [1.165, 1.54) is 0 Å². The third-order valence-electron chi connectivity index (χ3n) is 1.21. The first-order valence-corrected chi connectivity index (χ1v) is 4.49. The summed E-state index contributed by atoms with van der Waals surface area (Å²) in [6, 6.07) is 9.26. The molecule has 0 fully saturated rings.